The predicted molar refractivity (Wildman–Crippen MR) is 68.7 cm³/mol. The molecule has 94 valence electrons. The van der Waals surface area contributed by atoms with Crippen LogP contribution in [-0.4, -0.2) is 11.2 Å². The zero-order valence-corrected chi connectivity index (χ0v) is 10.2. The molecule has 3 rings (SSSR count). The summed E-state index contributed by atoms with van der Waals surface area (Å²) in [5, 5.41) is 0. The van der Waals surface area contributed by atoms with Crippen LogP contribution in [0, 0.1) is 5.82 Å². The second-order valence-electron chi connectivity index (χ2n) is 4.63. The van der Waals surface area contributed by atoms with Crippen molar-refractivity contribution in [2.75, 3.05) is 6.61 Å². The first-order valence-corrected chi connectivity index (χ1v) is 6.39. The molecule has 1 aliphatic rings. The molecule has 2 heterocycles. The summed E-state index contributed by atoms with van der Waals surface area (Å²) in [6.45, 7) is 0.825. The van der Waals surface area contributed by atoms with Crippen LogP contribution in [0.25, 0.3) is 11.3 Å². The van der Waals surface area contributed by atoms with Crippen molar-refractivity contribution in [3.8, 4) is 11.3 Å². The zero-order valence-electron chi connectivity index (χ0n) is 10.2. The van der Waals surface area contributed by atoms with Crippen molar-refractivity contribution >= 4 is 0 Å². The smallest absolute Gasteiger partial charge is 0.133 e. The van der Waals surface area contributed by atoms with E-state index in [4.69, 9.17) is 4.74 Å². The molecule has 2 aromatic rings. The highest BCUT2D eigenvalue weighted by Crippen LogP contribution is 2.29. The summed E-state index contributed by atoms with van der Waals surface area (Å²) >= 11 is 0. The van der Waals surface area contributed by atoms with Crippen molar-refractivity contribution in [2.45, 2.75) is 25.5 Å². The third kappa shape index (κ3) is 2.18. The Morgan fingerprint density at radius 3 is 2.67 bits per heavy atom. The summed E-state index contributed by atoms with van der Waals surface area (Å²) in [5.74, 6) is -0.203. The van der Waals surface area contributed by atoms with Gasteiger partial charge in [-0.25, -0.2) is 4.39 Å². The van der Waals surface area contributed by atoms with E-state index < -0.39 is 0 Å². The van der Waals surface area contributed by atoms with E-state index in [-0.39, 0.29) is 12.0 Å². The molecular formula is C15H16FNO. The van der Waals surface area contributed by atoms with E-state index in [2.05, 4.69) is 4.57 Å². The minimum Gasteiger partial charge on any atom is -0.358 e. The van der Waals surface area contributed by atoms with Crippen LogP contribution < -0.4 is 0 Å². The van der Waals surface area contributed by atoms with E-state index in [0.29, 0.717) is 0 Å². The second-order valence-corrected chi connectivity index (χ2v) is 4.63. The molecule has 0 aliphatic carbocycles. The highest BCUT2D eigenvalue weighted by atomic mass is 19.1. The highest BCUT2D eigenvalue weighted by Gasteiger charge is 2.17. The molecule has 3 heteroatoms. The van der Waals surface area contributed by atoms with Crippen LogP contribution in [0.2, 0.25) is 0 Å². The summed E-state index contributed by atoms with van der Waals surface area (Å²) in [6.07, 6.45) is 5.54. The molecule has 1 aromatic carbocycles. The summed E-state index contributed by atoms with van der Waals surface area (Å²) < 4.78 is 20.9. The number of benzene rings is 1. The Bertz CT molecular complexity index is 512. The number of aromatic nitrogens is 1. The molecule has 1 unspecified atom stereocenters. The van der Waals surface area contributed by atoms with Crippen LogP contribution in [0.15, 0.2) is 42.6 Å². The van der Waals surface area contributed by atoms with E-state index >= 15 is 0 Å². The highest BCUT2D eigenvalue weighted by molar-refractivity contribution is 5.60. The molecule has 1 aliphatic heterocycles. The van der Waals surface area contributed by atoms with Crippen LogP contribution in [-0.2, 0) is 4.74 Å². The Morgan fingerprint density at radius 2 is 1.94 bits per heavy atom. The van der Waals surface area contributed by atoms with Crippen LogP contribution in [0.3, 0.4) is 0 Å². The van der Waals surface area contributed by atoms with Crippen molar-refractivity contribution in [1.82, 2.24) is 4.57 Å². The quantitative estimate of drug-likeness (QED) is 0.780. The van der Waals surface area contributed by atoms with E-state index in [9.17, 15) is 4.39 Å². The number of hydrogen-bond acceptors (Lipinski definition) is 1. The molecule has 1 aromatic heterocycles. The fourth-order valence-corrected chi connectivity index (χ4v) is 2.45. The molecule has 18 heavy (non-hydrogen) atoms. The maximum Gasteiger partial charge on any atom is 0.133 e. The van der Waals surface area contributed by atoms with Crippen molar-refractivity contribution in [3.63, 3.8) is 0 Å². The molecule has 0 N–H and O–H groups in total. The Balaban J connectivity index is 1.93. The Kier molecular flexibility index (Phi) is 3.15. The van der Waals surface area contributed by atoms with Crippen LogP contribution >= 0.6 is 0 Å². The fraction of sp³-hybridized carbons (Fsp3) is 0.333. The van der Waals surface area contributed by atoms with Gasteiger partial charge in [-0.3, -0.25) is 0 Å². The molecular weight excluding hydrogens is 229 g/mol. The van der Waals surface area contributed by atoms with Gasteiger partial charge in [0.2, 0.25) is 0 Å². The Hall–Kier alpha value is -1.61. The topological polar surface area (TPSA) is 14.2 Å². The number of rotatable bonds is 2. The van der Waals surface area contributed by atoms with E-state index in [1.165, 1.54) is 18.6 Å². The minimum atomic E-state index is -0.203. The standard InChI is InChI=1S/C15H16FNO/c16-13-8-6-12(7-9-13)14-4-3-10-17(14)15-5-1-2-11-18-15/h3-4,6-10,15H,1-2,5,11H2. The second kappa shape index (κ2) is 4.94. The van der Waals surface area contributed by atoms with E-state index in [1.54, 1.807) is 0 Å². The lowest BCUT2D eigenvalue weighted by molar-refractivity contribution is -0.0307. The molecule has 1 fully saturated rings. The van der Waals surface area contributed by atoms with Gasteiger partial charge in [0.05, 0.1) is 5.69 Å². The van der Waals surface area contributed by atoms with Gasteiger partial charge >= 0.3 is 0 Å². The molecule has 1 saturated heterocycles. The lowest BCUT2D eigenvalue weighted by atomic mass is 10.1. The summed E-state index contributed by atoms with van der Waals surface area (Å²) in [6, 6.07) is 10.7. The average molecular weight is 245 g/mol. The number of ether oxygens (including phenoxy) is 1. The number of nitrogens with zero attached hydrogens (tertiary/aromatic N) is 1. The predicted octanol–water partition coefficient (Wildman–Crippen LogP) is 3.99. The molecule has 0 radical (unpaired) electrons. The molecule has 2 nitrogen and oxygen atoms in total. The first-order valence-electron chi connectivity index (χ1n) is 6.39. The third-order valence-electron chi connectivity index (χ3n) is 3.38. The maximum absolute atomic E-state index is 13.0. The van der Waals surface area contributed by atoms with E-state index in [0.717, 1.165) is 30.7 Å². The zero-order chi connectivity index (χ0) is 12.4. The molecule has 0 spiro atoms. The first-order chi connectivity index (χ1) is 8.84. The summed E-state index contributed by atoms with van der Waals surface area (Å²) in [4.78, 5) is 0. The Labute approximate surface area is 106 Å². The lowest BCUT2D eigenvalue weighted by Crippen LogP contribution is -2.18. The molecule has 0 bridgehead atoms. The SMILES string of the molecule is Fc1ccc(-c2cccn2C2CCCCO2)cc1. The van der Waals surface area contributed by atoms with Crippen molar-refractivity contribution < 1.29 is 9.13 Å². The minimum absolute atomic E-state index is 0.119. The molecule has 0 saturated carbocycles. The van der Waals surface area contributed by atoms with Gasteiger partial charge < -0.3 is 9.30 Å². The summed E-state index contributed by atoms with van der Waals surface area (Å²) in [7, 11) is 0. The molecule has 1 atom stereocenters. The summed E-state index contributed by atoms with van der Waals surface area (Å²) in [5.41, 5.74) is 2.11. The number of hydrogen-bond donors (Lipinski definition) is 0. The lowest BCUT2D eigenvalue weighted by Gasteiger charge is -2.26. The van der Waals surface area contributed by atoms with Crippen LogP contribution in [0.1, 0.15) is 25.5 Å². The first kappa shape index (κ1) is 11.5. The van der Waals surface area contributed by atoms with Gasteiger partial charge in [-0.05, 0) is 61.2 Å². The Morgan fingerprint density at radius 1 is 1.11 bits per heavy atom. The van der Waals surface area contributed by atoms with Gasteiger partial charge in [0.1, 0.15) is 12.0 Å². The van der Waals surface area contributed by atoms with Gasteiger partial charge in [0, 0.05) is 12.8 Å². The van der Waals surface area contributed by atoms with Gasteiger partial charge in [0.25, 0.3) is 0 Å². The van der Waals surface area contributed by atoms with Gasteiger partial charge in [-0.1, -0.05) is 0 Å². The van der Waals surface area contributed by atoms with Crippen molar-refractivity contribution in [3.05, 3.63) is 48.4 Å². The van der Waals surface area contributed by atoms with Crippen LogP contribution in [0.5, 0.6) is 0 Å². The normalized spacial score (nSPS) is 19.9. The largest absolute Gasteiger partial charge is 0.358 e. The third-order valence-corrected chi connectivity index (χ3v) is 3.38. The van der Waals surface area contributed by atoms with Gasteiger partial charge in [-0.15, -0.1) is 0 Å². The fourth-order valence-electron chi connectivity index (χ4n) is 2.45. The average Bonchev–Trinajstić information content (AvgIpc) is 2.90. The number of halogens is 1. The monoisotopic (exact) mass is 245 g/mol. The van der Waals surface area contributed by atoms with Crippen molar-refractivity contribution in [2.24, 2.45) is 0 Å². The van der Waals surface area contributed by atoms with Crippen LogP contribution in [0.4, 0.5) is 4.39 Å². The van der Waals surface area contributed by atoms with Gasteiger partial charge in [-0.2, -0.15) is 0 Å². The van der Waals surface area contributed by atoms with Crippen molar-refractivity contribution in [1.29, 1.82) is 0 Å². The van der Waals surface area contributed by atoms with Gasteiger partial charge in [0.15, 0.2) is 0 Å². The molecule has 0 amide bonds. The maximum atomic E-state index is 13.0. The van der Waals surface area contributed by atoms with E-state index in [1.807, 2.05) is 30.5 Å².